The summed E-state index contributed by atoms with van der Waals surface area (Å²) in [5.41, 5.74) is 1.02. The van der Waals surface area contributed by atoms with E-state index in [2.05, 4.69) is 34.4 Å². The smallest absolute Gasteiger partial charge is 0.244 e. The van der Waals surface area contributed by atoms with Crippen molar-refractivity contribution in [3.05, 3.63) is 11.9 Å². The molecule has 1 rings (SSSR count). The molecule has 0 aliphatic carbocycles. The van der Waals surface area contributed by atoms with Gasteiger partial charge < -0.3 is 15.5 Å². The SMILES string of the molecule is CCCNc1ncnc(NC(C)C(=O)N(C)CC)c1CC. The molecule has 1 atom stereocenters. The molecule has 6 nitrogen and oxygen atoms in total. The Morgan fingerprint density at radius 2 is 1.95 bits per heavy atom. The van der Waals surface area contributed by atoms with E-state index in [1.165, 1.54) is 6.33 Å². The van der Waals surface area contributed by atoms with Gasteiger partial charge in [0, 0.05) is 25.7 Å². The monoisotopic (exact) mass is 293 g/mol. The summed E-state index contributed by atoms with van der Waals surface area (Å²) in [5, 5.41) is 6.52. The number of carbonyl (C=O) groups excluding carboxylic acids is 1. The molecule has 0 aliphatic heterocycles. The van der Waals surface area contributed by atoms with E-state index in [-0.39, 0.29) is 11.9 Å². The number of carbonyl (C=O) groups is 1. The quantitative estimate of drug-likeness (QED) is 0.768. The standard InChI is InChI=1S/C15H27N5O/c1-6-9-16-13-12(7-2)14(18-10-17-13)19-11(4)15(21)20(5)8-3/h10-11H,6-9H2,1-5H3,(H2,16,17,18,19). The molecule has 0 fully saturated rings. The van der Waals surface area contributed by atoms with Crippen LogP contribution >= 0.6 is 0 Å². The molecule has 1 heterocycles. The average Bonchev–Trinajstić information content (AvgIpc) is 2.51. The highest BCUT2D eigenvalue weighted by atomic mass is 16.2. The number of anilines is 2. The average molecular weight is 293 g/mol. The van der Waals surface area contributed by atoms with Gasteiger partial charge in [0.05, 0.1) is 0 Å². The first-order valence-corrected chi connectivity index (χ1v) is 7.64. The van der Waals surface area contributed by atoms with Crippen LogP contribution in [0, 0.1) is 0 Å². The second-order valence-corrected chi connectivity index (χ2v) is 5.05. The third-order valence-electron chi connectivity index (χ3n) is 3.42. The van der Waals surface area contributed by atoms with Gasteiger partial charge in [0.1, 0.15) is 24.0 Å². The highest BCUT2D eigenvalue weighted by Crippen LogP contribution is 2.21. The summed E-state index contributed by atoms with van der Waals surface area (Å²) in [5.74, 6) is 1.64. The second kappa shape index (κ2) is 8.44. The van der Waals surface area contributed by atoms with E-state index in [9.17, 15) is 4.79 Å². The Bertz CT molecular complexity index is 463. The van der Waals surface area contributed by atoms with E-state index in [0.717, 1.165) is 36.6 Å². The maximum absolute atomic E-state index is 12.1. The van der Waals surface area contributed by atoms with Crippen molar-refractivity contribution in [1.29, 1.82) is 0 Å². The molecule has 6 heteroatoms. The van der Waals surface area contributed by atoms with Gasteiger partial charge >= 0.3 is 0 Å². The van der Waals surface area contributed by atoms with Gasteiger partial charge in [0.15, 0.2) is 0 Å². The van der Waals surface area contributed by atoms with Crippen LogP contribution in [0.1, 0.15) is 39.7 Å². The molecule has 0 saturated carbocycles. The van der Waals surface area contributed by atoms with Crippen LogP contribution < -0.4 is 10.6 Å². The fourth-order valence-electron chi connectivity index (χ4n) is 2.02. The van der Waals surface area contributed by atoms with Crippen LogP contribution in [-0.4, -0.2) is 47.0 Å². The fraction of sp³-hybridized carbons (Fsp3) is 0.667. The summed E-state index contributed by atoms with van der Waals surface area (Å²) in [6.45, 7) is 9.55. The van der Waals surface area contributed by atoms with Crippen molar-refractivity contribution in [3.63, 3.8) is 0 Å². The second-order valence-electron chi connectivity index (χ2n) is 5.05. The zero-order chi connectivity index (χ0) is 15.8. The molecule has 0 saturated heterocycles. The van der Waals surface area contributed by atoms with E-state index in [0.29, 0.717) is 6.54 Å². The lowest BCUT2D eigenvalue weighted by molar-refractivity contribution is -0.130. The van der Waals surface area contributed by atoms with Gasteiger partial charge in [-0.25, -0.2) is 9.97 Å². The van der Waals surface area contributed by atoms with Crippen molar-refractivity contribution < 1.29 is 4.79 Å². The number of aromatic nitrogens is 2. The Morgan fingerprint density at radius 3 is 2.52 bits per heavy atom. The lowest BCUT2D eigenvalue weighted by Crippen LogP contribution is -2.39. The third-order valence-corrected chi connectivity index (χ3v) is 3.42. The highest BCUT2D eigenvalue weighted by molar-refractivity contribution is 5.84. The molecule has 0 bridgehead atoms. The largest absolute Gasteiger partial charge is 0.370 e. The predicted molar refractivity (Wildman–Crippen MR) is 86.6 cm³/mol. The predicted octanol–water partition coefficient (Wildman–Crippen LogP) is 2.14. The topological polar surface area (TPSA) is 70.1 Å². The van der Waals surface area contributed by atoms with Crippen molar-refractivity contribution >= 4 is 17.5 Å². The van der Waals surface area contributed by atoms with Crippen molar-refractivity contribution in [2.75, 3.05) is 30.8 Å². The van der Waals surface area contributed by atoms with Crippen molar-refractivity contribution in [2.45, 2.75) is 46.6 Å². The van der Waals surface area contributed by atoms with Crippen molar-refractivity contribution in [1.82, 2.24) is 14.9 Å². The molecule has 1 aromatic heterocycles. The van der Waals surface area contributed by atoms with Crippen molar-refractivity contribution in [3.8, 4) is 0 Å². The molecule has 0 aliphatic rings. The molecule has 2 N–H and O–H groups in total. The zero-order valence-electron chi connectivity index (χ0n) is 13.7. The Morgan fingerprint density at radius 1 is 1.29 bits per heavy atom. The van der Waals surface area contributed by atoms with E-state index < -0.39 is 0 Å². The molecule has 1 aromatic rings. The molecule has 118 valence electrons. The molecule has 0 spiro atoms. The Labute approximate surface area is 127 Å². The summed E-state index contributed by atoms with van der Waals surface area (Å²) >= 11 is 0. The molecular formula is C15H27N5O. The maximum Gasteiger partial charge on any atom is 0.244 e. The number of rotatable bonds is 8. The van der Waals surface area contributed by atoms with Crippen LogP contribution in [0.15, 0.2) is 6.33 Å². The Balaban J connectivity index is 2.89. The van der Waals surface area contributed by atoms with Crippen LogP contribution in [0.2, 0.25) is 0 Å². The summed E-state index contributed by atoms with van der Waals surface area (Å²) < 4.78 is 0. The zero-order valence-corrected chi connectivity index (χ0v) is 13.7. The van der Waals surface area contributed by atoms with Crippen LogP contribution in [-0.2, 0) is 11.2 Å². The normalized spacial score (nSPS) is 11.9. The minimum Gasteiger partial charge on any atom is -0.370 e. The minimum atomic E-state index is -0.311. The van der Waals surface area contributed by atoms with Crippen LogP contribution in [0.3, 0.4) is 0 Å². The Hall–Kier alpha value is -1.85. The first kappa shape index (κ1) is 17.2. The van der Waals surface area contributed by atoms with Gasteiger partial charge in [-0.1, -0.05) is 13.8 Å². The number of hydrogen-bond acceptors (Lipinski definition) is 5. The van der Waals surface area contributed by atoms with Crippen LogP contribution in [0.5, 0.6) is 0 Å². The first-order valence-electron chi connectivity index (χ1n) is 7.64. The number of hydrogen-bond donors (Lipinski definition) is 2. The molecule has 1 amide bonds. The van der Waals surface area contributed by atoms with Crippen LogP contribution in [0.4, 0.5) is 11.6 Å². The van der Waals surface area contributed by atoms with Gasteiger partial charge in [0.25, 0.3) is 0 Å². The van der Waals surface area contributed by atoms with Gasteiger partial charge in [-0.15, -0.1) is 0 Å². The first-order chi connectivity index (χ1) is 10.0. The minimum absolute atomic E-state index is 0.0567. The lowest BCUT2D eigenvalue weighted by atomic mass is 10.2. The van der Waals surface area contributed by atoms with E-state index >= 15 is 0 Å². The van der Waals surface area contributed by atoms with Crippen molar-refractivity contribution in [2.24, 2.45) is 0 Å². The van der Waals surface area contributed by atoms with Gasteiger partial charge in [0.2, 0.25) is 5.91 Å². The summed E-state index contributed by atoms with van der Waals surface area (Å²) in [7, 11) is 1.80. The summed E-state index contributed by atoms with van der Waals surface area (Å²) in [6, 6.07) is -0.311. The Kier molecular flexibility index (Phi) is 6.91. The third kappa shape index (κ3) is 4.58. The molecule has 0 aromatic carbocycles. The number of nitrogens with zero attached hydrogens (tertiary/aromatic N) is 3. The molecule has 0 radical (unpaired) electrons. The summed E-state index contributed by atoms with van der Waals surface area (Å²) in [4.78, 5) is 22.4. The highest BCUT2D eigenvalue weighted by Gasteiger charge is 2.18. The number of nitrogens with one attached hydrogen (secondary N) is 2. The van der Waals surface area contributed by atoms with E-state index in [1.807, 2.05) is 13.8 Å². The maximum atomic E-state index is 12.1. The fourth-order valence-corrected chi connectivity index (χ4v) is 2.02. The van der Waals surface area contributed by atoms with Gasteiger partial charge in [-0.3, -0.25) is 4.79 Å². The van der Waals surface area contributed by atoms with E-state index in [4.69, 9.17) is 0 Å². The van der Waals surface area contributed by atoms with Gasteiger partial charge in [-0.2, -0.15) is 0 Å². The lowest BCUT2D eigenvalue weighted by Gasteiger charge is -2.22. The number of likely N-dealkylation sites (N-methyl/N-ethyl adjacent to an activating group) is 1. The van der Waals surface area contributed by atoms with Crippen LogP contribution in [0.25, 0.3) is 0 Å². The molecule has 21 heavy (non-hydrogen) atoms. The number of amides is 1. The molecular weight excluding hydrogens is 266 g/mol. The van der Waals surface area contributed by atoms with Gasteiger partial charge in [-0.05, 0) is 26.7 Å². The molecule has 1 unspecified atom stereocenters. The summed E-state index contributed by atoms with van der Waals surface area (Å²) in [6.07, 6.45) is 3.37. The van der Waals surface area contributed by atoms with E-state index in [1.54, 1.807) is 11.9 Å².